The molecule has 3 heterocycles. The lowest BCUT2D eigenvalue weighted by molar-refractivity contribution is 0.189. The van der Waals surface area contributed by atoms with Crippen LogP contribution < -0.4 is 5.32 Å². The normalized spacial score (nSPS) is 31.2. The maximum absolute atomic E-state index is 5.30. The number of nitrogens with zero attached hydrogens (tertiary/aromatic N) is 2. The molecule has 0 aromatic carbocycles. The third-order valence-corrected chi connectivity index (χ3v) is 3.11. The van der Waals surface area contributed by atoms with Gasteiger partial charge in [-0.2, -0.15) is 4.98 Å². The monoisotopic (exact) mass is 209 g/mol. The first kappa shape index (κ1) is 9.30. The highest BCUT2D eigenvalue weighted by atomic mass is 16.5. The van der Waals surface area contributed by atoms with Crippen molar-refractivity contribution in [2.45, 2.75) is 31.2 Å². The van der Waals surface area contributed by atoms with Crippen LogP contribution in [0, 0.1) is 0 Å². The molecule has 0 saturated carbocycles. The number of hydrogen-bond acceptors (Lipinski definition) is 5. The van der Waals surface area contributed by atoms with E-state index >= 15 is 0 Å². The van der Waals surface area contributed by atoms with Gasteiger partial charge in [-0.1, -0.05) is 5.16 Å². The van der Waals surface area contributed by atoms with E-state index in [2.05, 4.69) is 15.5 Å². The SMILES string of the molecule is C1CNC(c2noc(C3CCOC3)n2)C1. The van der Waals surface area contributed by atoms with E-state index in [1.54, 1.807) is 0 Å². The van der Waals surface area contributed by atoms with Gasteiger partial charge in [0, 0.05) is 6.61 Å². The smallest absolute Gasteiger partial charge is 0.232 e. The van der Waals surface area contributed by atoms with Gasteiger partial charge in [0.25, 0.3) is 0 Å². The molecule has 0 amide bonds. The number of hydrogen-bond donors (Lipinski definition) is 1. The first-order valence-corrected chi connectivity index (χ1v) is 5.58. The molecule has 1 aromatic heterocycles. The highest BCUT2D eigenvalue weighted by Crippen LogP contribution is 2.26. The number of aromatic nitrogens is 2. The fourth-order valence-electron chi connectivity index (χ4n) is 2.19. The van der Waals surface area contributed by atoms with Crippen LogP contribution in [-0.4, -0.2) is 29.9 Å². The van der Waals surface area contributed by atoms with Gasteiger partial charge in [-0.25, -0.2) is 0 Å². The van der Waals surface area contributed by atoms with Gasteiger partial charge in [0.05, 0.1) is 18.6 Å². The molecule has 0 bridgehead atoms. The zero-order valence-corrected chi connectivity index (χ0v) is 8.61. The third-order valence-electron chi connectivity index (χ3n) is 3.11. The van der Waals surface area contributed by atoms with Crippen LogP contribution >= 0.6 is 0 Å². The summed E-state index contributed by atoms with van der Waals surface area (Å²) in [6.45, 7) is 2.59. The Morgan fingerprint density at radius 2 is 2.33 bits per heavy atom. The average molecular weight is 209 g/mol. The summed E-state index contributed by atoms with van der Waals surface area (Å²) in [4.78, 5) is 4.45. The van der Waals surface area contributed by atoms with Crippen molar-refractivity contribution in [3.05, 3.63) is 11.7 Å². The molecule has 2 atom stereocenters. The van der Waals surface area contributed by atoms with Crippen LogP contribution in [-0.2, 0) is 4.74 Å². The van der Waals surface area contributed by atoms with Gasteiger partial charge in [-0.05, 0) is 25.8 Å². The van der Waals surface area contributed by atoms with Crippen LogP contribution in [0.3, 0.4) is 0 Å². The fourth-order valence-corrected chi connectivity index (χ4v) is 2.19. The Labute approximate surface area is 88.2 Å². The zero-order valence-electron chi connectivity index (χ0n) is 8.61. The van der Waals surface area contributed by atoms with Gasteiger partial charge in [0.1, 0.15) is 0 Å². The zero-order chi connectivity index (χ0) is 10.1. The topological polar surface area (TPSA) is 60.2 Å². The van der Waals surface area contributed by atoms with Crippen LogP contribution in [0.4, 0.5) is 0 Å². The average Bonchev–Trinajstić information content (AvgIpc) is 3.02. The van der Waals surface area contributed by atoms with Gasteiger partial charge in [0.15, 0.2) is 5.82 Å². The largest absolute Gasteiger partial charge is 0.381 e. The molecule has 2 aliphatic heterocycles. The summed E-state index contributed by atoms with van der Waals surface area (Å²) in [6, 6.07) is 0.296. The minimum Gasteiger partial charge on any atom is -0.381 e. The molecule has 1 aromatic rings. The predicted octanol–water partition coefficient (Wildman–Crippen LogP) is 0.998. The van der Waals surface area contributed by atoms with Gasteiger partial charge < -0.3 is 14.6 Å². The molecule has 2 saturated heterocycles. The second-order valence-corrected chi connectivity index (χ2v) is 4.20. The summed E-state index contributed by atoms with van der Waals surface area (Å²) in [5.41, 5.74) is 0. The van der Waals surface area contributed by atoms with Gasteiger partial charge in [-0.15, -0.1) is 0 Å². The van der Waals surface area contributed by atoms with Crippen molar-refractivity contribution in [2.24, 2.45) is 0 Å². The van der Waals surface area contributed by atoms with E-state index in [1.807, 2.05) is 0 Å². The Bertz CT molecular complexity index is 297. The van der Waals surface area contributed by atoms with Crippen molar-refractivity contribution in [3.8, 4) is 0 Å². The van der Waals surface area contributed by atoms with Crippen LogP contribution in [0.2, 0.25) is 0 Å². The molecule has 5 nitrogen and oxygen atoms in total. The maximum Gasteiger partial charge on any atom is 0.232 e. The van der Waals surface area contributed by atoms with Crippen molar-refractivity contribution in [3.63, 3.8) is 0 Å². The van der Waals surface area contributed by atoms with Crippen LogP contribution in [0.15, 0.2) is 4.52 Å². The van der Waals surface area contributed by atoms with Gasteiger partial charge in [-0.3, -0.25) is 0 Å². The highest BCUT2D eigenvalue weighted by molar-refractivity contribution is 5.01. The molecule has 0 aliphatic carbocycles. The van der Waals surface area contributed by atoms with Gasteiger partial charge in [0.2, 0.25) is 5.89 Å². The Hall–Kier alpha value is -0.940. The molecule has 2 unspecified atom stereocenters. The lowest BCUT2D eigenvalue weighted by atomic mass is 10.1. The summed E-state index contributed by atoms with van der Waals surface area (Å²) in [5.74, 6) is 1.87. The first-order chi connectivity index (χ1) is 7.43. The molecule has 15 heavy (non-hydrogen) atoms. The highest BCUT2D eigenvalue weighted by Gasteiger charge is 2.27. The second-order valence-electron chi connectivity index (χ2n) is 4.20. The molecule has 0 radical (unpaired) electrons. The van der Waals surface area contributed by atoms with Crippen LogP contribution in [0.5, 0.6) is 0 Å². The van der Waals surface area contributed by atoms with Crippen molar-refractivity contribution in [2.75, 3.05) is 19.8 Å². The van der Waals surface area contributed by atoms with E-state index in [9.17, 15) is 0 Å². The Kier molecular flexibility index (Phi) is 2.42. The lowest BCUT2D eigenvalue weighted by Crippen LogP contribution is -2.14. The first-order valence-electron chi connectivity index (χ1n) is 5.58. The van der Waals surface area contributed by atoms with Crippen molar-refractivity contribution < 1.29 is 9.26 Å². The molecule has 3 rings (SSSR count). The summed E-state index contributed by atoms with van der Waals surface area (Å²) in [5, 5.41) is 7.40. The van der Waals surface area contributed by atoms with E-state index in [4.69, 9.17) is 9.26 Å². The van der Waals surface area contributed by atoms with Crippen molar-refractivity contribution >= 4 is 0 Å². The number of nitrogens with one attached hydrogen (secondary N) is 1. The van der Waals surface area contributed by atoms with E-state index in [1.165, 1.54) is 6.42 Å². The standard InChI is InChI=1S/C10H15N3O2/c1-2-8(11-4-1)9-12-10(15-13-9)7-3-5-14-6-7/h7-8,11H,1-6H2. The summed E-state index contributed by atoms with van der Waals surface area (Å²) >= 11 is 0. The van der Waals surface area contributed by atoms with Crippen LogP contribution in [0.1, 0.15) is 42.9 Å². The predicted molar refractivity (Wildman–Crippen MR) is 52.5 cm³/mol. The Balaban J connectivity index is 1.74. The molecular weight excluding hydrogens is 194 g/mol. The van der Waals surface area contributed by atoms with E-state index in [0.717, 1.165) is 44.3 Å². The molecule has 1 N–H and O–H groups in total. The van der Waals surface area contributed by atoms with Crippen LogP contribution in [0.25, 0.3) is 0 Å². The third kappa shape index (κ3) is 1.77. The number of rotatable bonds is 2. The molecule has 2 aliphatic rings. The maximum atomic E-state index is 5.30. The Morgan fingerprint density at radius 3 is 3.07 bits per heavy atom. The van der Waals surface area contributed by atoms with Crippen molar-refractivity contribution in [1.29, 1.82) is 0 Å². The summed E-state index contributed by atoms with van der Waals surface area (Å²) < 4.78 is 10.6. The van der Waals surface area contributed by atoms with Gasteiger partial charge >= 0.3 is 0 Å². The molecular formula is C10H15N3O2. The number of ether oxygens (including phenoxy) is 1. The van der Waals surface area contributed by atoms with E-state index in [0.29, 0.717) is 12.0 Å². The molecule has 5 heteroatoms. The fraction of sp³-hybridized carbons (Fsp3) is 0.800. The minimum absolute atomic E-state index is 0.296. The summed E-state index contributed by atoms with van der Waals surface area (Å²) in [7, 11) is 0. The van der Waals surface area contributed by atoms with Crippen molar-refractivity contribution in [1.82, 2.24) is 15.5 Å². The van der Waals surface area contributed by atoms with E-state index < -0.39 is 0 Å². The van der Waals surface area contributed by atoms with E-state index in [-0.39, 0.29) is 0 Å². The molecule has 82 valence electrons. The lowest BCUT2D eigenvalue weighted by Gasteiger charge is -2.02. The summed E-state index contributed by atoms with van der Waals surface area (Å²) in [6.07, 6.45) is 3.31. The molecule has 0 spiro atoms. The minimum atomic E-state index is 0.296. The quantitative estimate of drug-likeness (QED) is 0.787. The molecule has 2 fully saturated rings. The Morgan fingerprint density at radius 1 is 1.33 bits per heavy atom. The second kappa shape index (κ2) is 3.90.